The van der Waals surface area contributed by atoms with Crippen molar-refractivity contribution in [1.29, 1.82) is 0 Å². The topological polar surface area (TPSA) is 0 Å². The number of hydrogen-bond donors (Lipinski definition) is 0. The monoisotopic (exact) mass is 80.1 g/mol. The average Bonchev–Trinajstić information content (AvgIpc) is 0.811. The summed E-state index contributed by atoms with van der Waals surface area (Å²) in [4.78, 5) is 0. The molecule has 0 fully saturated rings. The van der Waals surface area contributed by atoms with Crippen LogP contribution in [0.2, 0.25) is 20.5 Å². The zero-order valence-corrected chi connectivity index (χ0v) is 6.58. The minimum Gasteiger partial charge on any atom is -1.00 e. The molecule has 0 aliphatic rings. The van der Waals surface area contributed by atoms with Gasteiger partial charge in [0.05, 0.1) is 0 Å². The molecule has 0 saturated carbocycles. The third-order valence-corrected chi connectivity index (χ3v) is 0. The van der Waals surface area contributed by atoms with Gasteiger partial charge in [0.25, 0.3) is 0 Å². The fourth-order valence-electron chi connectivity index (χ4n) is 0. The summed E-state index contributed by atoms with van der Waals surface area (Å²) in [6.07, 6.45) is 0. The summed E-state index contributed by atoms with van der Waals surface area (Å²) in [6.45, 7) is 7.33. The molecule has 0 unspecified atom stereocenters. The van der Waals surface area contributed by atoms with Crippen molar-refractivity contribution in [3.8, 4) is 0 Å². The minimum absolute atomic E-state index is 0. The molecule has 0 aliphatic heterocycles. The van der Waals surface area contributed by atoms with E-state index in [2.05, 4.69) is 20.5 Å². The quantitative estimate of drug-likeness (QED) is 0.310. The average molecular weight is 79.9 g/mol. The van der Waals surface area contributed by atoms with Crippen molar-refractivity contribution in [2.24, 2.45) is 0 Å². The standard InChI is InChI=1S/C3H9B.Na.H/c1-4(2)3;;/h1-3H3;;/q;+1;-1. The molecular formula is C3H10BNa. The SMILES string of the molecule is CB(C)C.[H-].[Na+]. The second-order valence-corrected chi connectivity index (χ2v) is 1.73. The Labute approximate surface area is 58.2 Å². The molecule has 5 heavy (non-hydrogen) atoms. The summed E-state index contributed by atoms with van der Waals surface area (Å²) in [5, 5.41) is 0. The third kappa shape index (κ3) is 42.0. The van der Waals surface area contributed by atoms with Crippen LogP contribution in [0, 0.1) is 0 Å². The zero-order chi connectivity index (χ0) is 3.58. The van der Waals surface area contributed by atoms with E-state index < -0.39 is 0 Å². The smallest absolute Gasteiger partial charge is 1.00 e. The Morgan fingerprint density at radius 1 is 1.20 bits per heavy atom. The van der Waals surface area contributed by atoms with E-state index in [4.69, 9.17) is 0 Å². The maximum Gasteiger partial charge on any atom is 1.00 e. The van der Waals surface area contributed by atoms with Crippen LogP contribution < -0.4 is 29.6 Å². The molecule has 0 saturated heterocycles. The summed E-state index contributed by atoms with van der Waals surface area (Å²) in [7, 11) is 0. The Morgan fingerprint density at radius 2 is 1.20 bits per heavy atom. The molecule has 0 aromatic rings. The fraction of sp³-hybridized carbons (Fsp3) is 1.00. The molecule has 0 heterocycles. The van der Waals surface area contributed by atoms with Crippen LogP contribution >= 0.6 is 0 Å². The number of hydrogen-bond acceptors (Lipinski definition) is 0. The molecular weight excluding hydrogens is 69.8 g/mol. The molecule has 0 aromatic heterocycles. The molecule has 0 atom stereocenters. The van der Waals surface area contributed by atoms with Gasteiger partial charge in [-0.05, 0) is 0 Å². The molecule has 0 bridgehead atoms. The van der Waals surface area contributed by atoms with E-state index in [0.29, 0.717) is 0 Å². The first kappa shape index (κ1) is 9.42. The summed E-state index contributed by atoms with van der Waals surface area (Å²) < 4.78 is 0. The second-order valence-electron chi connectivity index (χ2n) is 1.73. The molecule has 26 valence electrons. The van der Waals surface area contributed by atoms with Gasteiger partial charge in [-0.25, -0.2) is 0 Å². The van der Waals surface area contributed by atoms with Crippen molar-refractivity contribution in [2.75, 3.05) is 0 Å². The van der Waals surface area contributed by atoms with Crippen LogP contribution in [-0.2, 0) is 0 Å². The van der Waals surface area contributed by atoms with Gasteiger partial charge in [-0.2, -0.15) is 0 Å². The number of rotatable bonds is 0. The maximum absolute atomic E-state index is 2.17. The first-order valence-electron chi connectivity index (χ1n) is 1.73. The van der Waals surface area contributed by atoms with Crippen molar-refractivity contribution >= 4 is 6.71 Å². The van der Waals surface area contributed by atoms with Gasteiger partial charge in [-0.1, -0.05) is 20.5 Å². The largest absolute Gasteiger partial charge is 1.00 e. The predicted molar refractivity (Wildman–Crippen MR) is 24.5 cm³/mol. The van der Waals surface area contributed by atoms with E-state index >= 15 is 0 Å². The summed E-state index contributed by atoms with van der Waals surface area (Å²) in [5.41, 5.74) is 0. The second kappa shape index (κ2) is 5.06. The van der Waals surface area contributed by atoms with Gasteiger partial charge in [0.2, 0.25) is 0 Å². The summed E-state index contributed by atoms with van der Waals surface area (Å²) in [6, 6.07) is 0. The molecule has 2 heteroatoms. The Bertz CT molecular complexity index is 15.5. The van der Waals surface area contributed by atoms with Gasteiger partial charge in [0.1, 0.15) is 6.71 Å². The third-order valence-electron chi connectivity index (χ3n) is 0. The van der Waals surface area contributed by atoms with E-state index in [0.717, 1.165) is 6.71 Å². The Morgan fingerprint density at radius 3 is 1.20 bits per heavy atom. The Hall–Kier alpha value is 1.06. The van der Waals surface area contributed by atoms with Crippen LogP contribution in [0.4, 0.5) is 0 Å². The van der Waals surface area contributed by atoms with Crippen LogP contribution in [0.5, 0.6) is 0 Å². The molecule has 0 nitrogen and oxygen atoms in total. The zero-order valence-electron chi connectivity index (χ0n) is 5.58. The molecule has 0 spiro atoms. The van der Waals surface area contributed by atoms with Gasteiger partial charge in [-0.3, -0.25) is 0 Å². The van der Waals surface area contributed by atoms with E-state index in [9.17, 15) is 0 Å². The predicted octanol–water partition coefficient (Wildman–Crippen LogP) is -1.51. The van der Waals surface area contributed by atoms with Gasteiger partial charge >= 0.3 is 29.6 Å². The first-order valence-corrected chi connectivity index (χ1v) is 1.73. The molecule has 0 rings (SSSR count). The van der Waals surface area contributed by atoms with Crippen molar-refractivity contribution in [1.82, 2.24) is 0 Å². The Kier molecular flexibility index (Phi) is 9.54. The Balaban J connectivity index is -0.0000000450. The normalized spacial score (nSPS) is 5.40. The molecule has 0 radical (unpaired) electrons. The molecule has 0 N–H and O–H groups in total. The molecule has 0 aliphatic carbocycles. The summed E-state index contributed by atoms with van der Waals surface area (Å²) in [5.74, 6) is 0. The van der Waals surface area contributed by atoms with Crippen molar-refractivity contribution in [3.05, 3.63) is 0 Å². The van der Waals surface area contributed by atoms with E-state index in [1.54, 1.807) is 0 Å². The van der Waals surface area contributed by atoms with Crippen LogP contribution in [0.1, 0.15) is 1.43 Å². The van der Waals surface area contributed by atoms with Crippen molar-refractivity contribution in [2.45, 2.75) is 20.5 Å². The van der Waals surface area contributed by atoms with Crippen molar-refractivity contribution in [3.63, 3.8) is 0 Å². The van der Waals surface area contributed by atoms with E-state index in [-0.39, 0.29) is 31.0 Å². The summed E-state index contributed by atoms with van der Waals surface area (Å²) >= 11 is 0. The molecule has 0 amide bonds. The maximum atomic E-state index is 2.17. The van der Waals surface area contributed by atoms with E-state index in [1.807, 2.05) is 0 Å². The van der Waals surface area contributed by atoms with Gasteiger partial charge in [0.15, 0.2) is 0 Å². The van der Waals surface area contributed by atoms with Crippen LogP contribution in [0.3, 0.4) is 0 Å². The van der Waals surface area contributed by atoms with Crippen LogP contribution in [0.15, 0.2) is 0 Å². The van der Waals surface area contributed by atoms with E-state index in [1.165, 1.54) is 0 Å². The van der Waals surface area contributed by atoms with Gasteiger partial charge in [0, 0.05) is 0 Å². The van der Waals surface area contributed by atoms with Crippen LogP contribution in [-0.4, -0.2) is 6.71 Å². The van der Waals surface area contributed by atoms with Crippen LogP contribution in [0.25, 0.3) is 0 Å². The molecule has 0 aromatic carbocycles. The van der Waals surface area contributed by atoms with Crippen molar-refractivity contribution < 1.29 is 31.0 Å². The first-order chi connectivity index (χ1) is 1.73. The van der Waals surface area contributed by atoms with Gasteiger partial charge < -0.3 is 1.43 Å². The fourth-order valence-corrected chi connectivity index (χ4v) is 0. The minimum atomic E-state index is 0. The van der Waals surface area contributed by atoms with Gasteiger partial charge in [-0.15, -0.1) is 0 Å².